The topological polar surface area (TPSA) is 145 Å². The van der Waals surface area contributed by atoms with Gasteiger partial charge in [-0.2, -0.15) is 10.2 Å². The Kier molecular flexibility index (Phi) is 10.9. The zero-order chi connectivity index (χ0) is 30.3. The Morgan fingerprint density at radius 1 is 1.15 bits per heavy atom. The molecule has 0 unspecified atom stereocenters. The second kappa shape index (κ2) is 14.1. The minimum Gasteiger partial charge on any atom is -0.496 e. The molecule has 222 valence electrons. The number of hydrogen-bond donors (Lipinski definition) is 2. The number of aryl methyl sites for hydroxylation is 3. The highest BCUT2D eigenvalue weighted by Gasteiger charge is 2.24. The molecular formula is C27H35FN6O6S. The van der Waals surface area contributed by atoms with E-state index in [1.165, 1.54) is 58.4 Å². The van der Waals surface area contributed by atoms with E-state index in [0.29, 0.717) is 38.6 Å². The number of nitrogens with zero attached hydrogens (tertiary/aromatic N) is 6. The normalized spacial score (nSPS) is 11.0. The Morgan fingerprint density at radius 3 is 2.37 bits per heavy atom. The third-order valence-electron chi connectivity index (χ3n) is 6.39. The Labute approximate surface area is 239 Å². The van der Waals surface area contributed by atoms with Crippen molar-refractivity contribution in [3.05, 3.63) is 68.4 Å². The number of carbonyl (C=O) groups excluding carboxylic acids is 1. The van der Waals surface area contributed by atoms with Crippen molar-refractivity contribution in [2.75, 3.05) is 26.9 Å². The summed E-state index contributed by atoms with van der Waals surface area (Å²) in [7, 11) is 1.49. The fourth-order valence-corrected chi connectivity index (χ4v) is 5.70. The van der Waals surface area contributed by atoms with Gasteiger partial charge in [0.25, 0.3) is 5.56 Å². The maximum Gasteiger partial charge on any atom is 0.332 e. The van der Waals surface area contributed by atoms with E-state index < -0.39 is 17.1 Å². The summed E-state index contributed by atoms with van der Waals surface area (Å²) in [6, 6.07) is 4.12. The van der Waals surface area contributed by atoms with Gasteiger partial charge in [0.2, 0.25) is 5.91 Å². The van der Waals surface area contributed by atoms with Crippen LogP contribution in [0.25, 0.3) is 15.2 Å². The van der Waals surface area contributed by atoms with Gasteiger partial charge in [-0.1, -0.05) is 11.3 Å². The average molecular weight is 591 g/mol. The zero-order valence-corrected chi connectivity index (χ0v) is 24.5. The van der Waals surface area contributed by atoms with Crippen molar-refractivity contribution < 1.29 is 24.1 Å². The SMILES string of the molecule is CCN(C(=O)Cn1c(=O)c2c(C)c(-n3nccn3)sc2n(CCc2cc(F)ccc2OC)c1=O)C(C)C.OCCO. The highest BCUT2D eigenvalue weighted by Crippen LogP contribution is 2.30. The second-order valence-electron chi connectivity index (χ2n) is 9.28. The smallest absolute Gasteiger partial charge is 0.332 e. The van der Waals surface area contributed by atoms with Gasteiger partial charge in [-0.15, -0.1) is 4.80 Å². The molecule has 0 atom stereocenters. The number of carbonyl (C=O) groups is 1. The van der Waals surface area contributed by atoms with Crippen LogP contribution in [0.5, 0.6) is 5.75 Å². The molecule has 0 spiro atoms. The molecule has 0 fully saturated rings. The van der Waals surface area contributed by atoms with Gasteiger partial charge in [-0.3, -0.25) is 18.7 Å². The number of aliphatic hydroxyl groups excluding tert-OH is 2. The highest BCUT2D eigenvalue weighted by atomic mass is 32.1. The van der Waals surface area contributed by atoms with Crippen LogP contribution in [-0.4, -0.2) is 78.1 Å². The number of benzene rings is 1. The Balaban J connectivity index is 0.00000108. The van der Waals surface area contributed by atoms with Gasteiger partial charge in [0.15, 0.2) is 0 Å². The number of likely N-dealkylation sites (N-methyl/N-ethyl adjacent to an activating group) is 1. The molecule has 14 heteroatoms. The second-order valence-corrected chi connectivity index (χ2v) is 10.3. The molecule has 0 saturated carbocycles. The van der Waals surface area contributed by atoms with Gasteiger partial charge < -0.3 is 19.8 Å². The molecule has 2 N–H and O–H groups in total. The summed E-state index contributed by atoms with van der Waals surface area (Å²) in [5.74, 6) is -0.249. The molecule has 12 nitrogen and oxygen atoms in total. The minimum atomic E-state index is -0.609. The first kappa shape index (κ1) is 31.6. The van der Waals surface area contributed by atoms with E-state index in [4.69, 9.17) is 14.9 Å². The lowest BCUT2D eigenvalue weighted by Gasteiger charge is -2.25. The van der Waals surface area contributed by atoms with Crippen LogP contribution in [0.1, 0.15) is 31.9 Å². The van der Waals surface area contributed by atoms with Gasteiger partial charge in [-0.05, 0) is 57.9 Å². The Hall–Kier alpha value is -3.88. The minimum absolute atomic E-state index is 0.0834. The number of aromatic nitrogens is 5. The van der Waals surface area contributed by atoms with E-state index in [0.717, 1.165) is 4.57 Å². The average Bonchev–Trinajstić information content (AvgIpc) is 3.59. The third-order valence-corrected chi connectivity index (χ3v) is 7.68. The maximum absolute atomic E-state index is 14.0. The summed E-state index contributed by atoms with van der Waals surface area (Å²) in [4.78, 5) is 43.8. The quantitative estimate of drug-likeness (QED) is 0.284. The Morgan fingerprint density at radius 2 is 1.80 bits per heavy atom. The summed E-state index contributed by atoms with van der Waals surface area (Å²) in [6.45, 7) is 7.33. The van der Waals surface area contributed by atoms with E-state index in [-0.39, 0.29) is 44.7 Å². The van der Waals surface area contributed by atoms with Crippen molar-refractivity contribution in [3.8, 4) is 10.8 Å². The van der Waals surface area contributed by atoms with Gasteiger partial charge in [0.05, 0.1) is 38.1 Å². The number of thiophene rings is 1. The van der Waals surface area contributed by atoms with Crippen LogP contribution in [0, 0.1) is 12.7 Å². The molecule has 1 aromatic carbocycles. The van der Waals surface area contributed by atoms with Crippen LogP contribution in [0.3, 0.4) is 0 Å². The number of amides is 1. The van der Waals surface area contributed by atoms with Gasteiger partial charge in [0, 0.05) is 24.7 Å². The lowest BCUT2D eigenvalue weighted by molar-refractivity contribution is -0.133. The van der Waals surface area contributed by atoms with Crippen LogP contribution in [-0.2, 0) is 24.3 Å². The first-order valence-electron chi connectivity index (χ1n) is 13.1. The molecule has 0 saturated heterocycles. The highest BCUT2D eigenvalue weighted by molar-refractivity contribution is 7.21. The van der Waals surface area contributed by atoms with E-state index >= 15 is 0 Å². The maximum atomic E-state index is 14.0. The number of aliphatic hydroxyl groups is 2. The predicted molar refractivity (Wildman–Crippen MR) is 153 cm³/mol. The summed E-state index contributed by atoms with van der Waals surface area (Å²) < 4.78 is 21.8. The summed E-state index contributed by atoms with van der Waals surface area (Å²) in [5, 5.41) is 24.5. The largest absolute Gasteiger partial charge is 0.496 e. The monoisotopic (exact) mass is 590 g/mol. The van der Waals surface area contributed by atoms with Crippen molar-refractivity contribution in [1.82, 2.24) is 29.0 Å². The molecule has 0 aliphatic heterocycles. The summed E-state index contributed by atoms with van der Waals surface area (Å²) in [6.07, 6.45) is 3.31. The van der Waals surface area contributed by atoms with Gasteiger partial charge in [0.1, 0.15) is 27.9 Å². The molecule has 0 radical (unpaired) electrons. The van der Waals surface area contributed by atoms with Crippen LogP contribution < -0.4 is 16.0 Å². The van der Waals surface area contributed by atoms with Crippen LogP contribution in [0.4, 0.5) is 4.39 Å². The number of ether oxygens (including phenoxy) is 1. The van der Waals surface area contributed by atoms with Crippen molar-refractivity contribution >= 4 is 27.5 Å². The van der Waals surface area contributed by atoms with E-state index in [1.54, 1.807) is 11.8 Å². The van der Waals surface area contributed by atoms with Gasteiger partial charge >= 0.3 is 5.69 Å². The Bertz CT molecular complexity index is 1590. The van der Waals surface area contributed by atoms with E-state index in [2.05, 4.69) is 10.2 Å². The summed E-state index contributed by atoms with van der Waals surface area (Å²) >= 11 is 1.22. The first-order valence-corrected chi connectivity index (χ1v) is 13.9. The zero-order valence-electron chi connectivity index (χ0n) is 23.7. The number of fused-ring (bicyclic) bond motifs is 1. The lowest BCUT2D eigenvalue weighted by Crippen LogP contribution is -2.46. The lowest BCUT2D eigenvalue weighted by atomic mass is 10.1. The first-order chi connectivity index (χ1) is 19.6. The van der Waals surface area contributed by atoms with Crippen molar-refractivity contribution in [3.63, 3.8) is 0 Å². The number of rotatable bonds is 10. The molecular weight excluding hydrogens is 555 g/mol. The molecule has 0 aliphatic carbocycles. The molecule has 1 amide bonds. The molecule has 0 aliphatic rings. The number of methoxy groups -OCH3 is 1. The van der Waals surface area contributed by atoms with Crippen molar-refractivity contribution in [2.45, 2.75) is 53.2 Å². The fraction of sp³-hybridized carbons (Fsp3) is 0.444. The number of hydrogen-bond acceptors (Lipinski definition) is 9. The van der Waals surface area contributed by atoms with Crippen LogP contribution >= 0.6 is 11.3 Å². The van der Waals surface area contributed by atoms with Crippen LogP contribution in [0.15, 0.2) is 40.2 Å². The van der Waals surface area contributed by atoms with Gasteiger partial charge in [-0.25, -0.2) is 9.18 Å². The fourth-order valence-electron chi connectivity index (χ4n) is 4.46. The molecule has 4 aromatic rings. The van der Waals surface area contributed by atoms with E-state index in [1.807, 2.05) is 20.8 Å². The van der Waals surface area contributed by atoms with Crippen molar-refractivity contribution in [2.24, 2.45) is 0 Å². The van der Waals surface area contributed by atoms with Crippen LogP contribution in [0.2, 0.25) is 0 Å². The molecule has 41 heavy (non-hydrogen) atoms. The van der Waals surface area contributed by atoms with E-state index in [9.17, 15) is 18.8 Å². The predicted octanol–water partition coefficient (Wildman–Crippen LogP) is 1.73. The molecule has 3 heterocycles. The standard InChI is InChI=1S/C25H29FN6O4S.C2H6O2/c1-6-29(15(2)3)20(33)14-31-22(34)21-16(4)23(32-27-10-11-28-32)37-24(21)30(25(31)35)12-9-17-13-18(26)7-8-19(17)36-5;3-1-2-4/h7-8,10-11,13,15H,6,9,12,14H2,1-5H3;3-4H,1-2H2. The number of halogens is 1. The molecule has 3 aromatic heterocycles. The molecule has 4 rings (SSSR count). The van der Waals surface area contributed by atoms with Crippen molar-refractivity contribution in [1.29, 1.82) is 0 Å². The third kappa shape index (κ3) is 6.89. The summed E-state index contributed by atoms with van der Waals surface area (Å²) in [5.41, 5.74) is 0.0356. The molecule has 0 bridgehead atoms.